The van der Waals surface area contributed by atoms with Gasteiger partial charge in [0.1, 0.15) is 6.54 Å². The number of benzene rings is 2. The quantitative estimate of drug-likeness (QED) is 0.373. The number of nitrogens with one attached hydrogen (secondary N) is 3. The number of aromatic amines is 1. The molecule has 1 heterocycles. The van der Waals surface area contributed by atoms with Gasteiger partial charge in [-0.3, -0.25) is 30.1 Å². The molecule has 0 atom stereocenters. The van der Waals surface area contributed by atoms with Crippen LogP contribution in [0.3, 0.4) is 0 Å². The first-order valence-corrected chi connectivity index (χ1v) is 10.4. The molecule has 9 nitrogen and oxygen atoms in total. The lowest BCUT2D eigenvalue weighted by Gasteiger charge is -2.14. The van der Waals surface area contributed by atoms with Gasteiger partial charge in [0.25, 0.3) is 11.8 Å². The normalized spacial score (nSPS) is 10.7. The average Bonchev–Trinajstić information content (AvgIpc) is 3.12. The van der Waals surface area contributed by atoms with Crippen molar-refractivity contribution in [3.63, 3.8) is 0 Å². The lowest BCUT2D eigenvalue weighted by molar-refractivity contribution is -0.122. The molecule has 0 fully saturated rings. The van der Waals surface area contributed by atoms with E-state index in [1.165, 1.54) is 7.11 Å². The Morgan fingerprint density at radius 1 is 1.16 bits per heavy atom. The van der Waals surface area contributed by atoms with E-state index in [9.17, 15) is 9.59 Å². The van der Waals surface area contributed by atoms with Crippen LogP contribution in [0.25, 0.3) is 11.4 Å². The maximum Gasteiger partial charge on any atom is 0.269 e. The smallest absolute Gasteiger partial charge is 0.269 e. The monoisotopic (exact) mass is 455 g/mol. The highest BCUT2D eigenvalue weighted by molar-refractivity contribution is 7.71. The van der Waals surface area contributed by atoms with E-state index in [2.05, 4.69) is 21.0 Å². The molecule has 168 valence electrons. The van der Waals surface area contributed by atoms with E-state index < -0.39 is 11.8 Å². The molecule has 0 saturated heterocycles. The summed E-state index contributed by atoms with van der Waals surface area (Å²) in [5.41, 5.74) is 6.98. The lowest BCUT2D eigenvalue weighted by Crippen LogP contribution is -2.43. The SMILES string of the molecule is COc1cc(C(=O)NNC(=O)Cn2c(-c3cccc(C)c3)n[nH]c2=S)ccc1OC(C)C. The van der Waals surface area contributed by atoms with Gasteiger partial charge in [0.2, 0.25) is 0 Å². The highest BCUT2D eigenvalue weighted by atomic mass is 32.1. The topological polar surface area (TPSA) is 110 Å². The maximum absolute atomic E-state index is 12.5. The Kier molecular flexibility index (Phi) is 7.26. The van der Waals surface area contributed by atoms with Gasteiger partial charge in [-0.15, -0.1) is 0 Å². The van der Waals surface area contributed by atoms with Crippen LogP contribution in [0.4, 0.5) is 0 Å². The van der Waals surface area contributed by atoms with Crippen LogP contribution in [-0.4, -0.2) is 39.8 Å². The van der Waals surface area contributed by atoms with Crippen LogP contribution in [0.1, 0.15) is 29.8 Å². The van der Waals surface area contributed by atoms with Gasteiger partial charge in [-0.05, 0) is 57.3 Å². The summed E-state index contributed by atoms with van der Waals surface area (Å²) < 4.78 is 12.8. The van der Waals surface area contributed by atoms with Crippen molar-refractivity contribution < 1.29 is 19.1 Å². The number of hydrazine groups is 1. The molecule has 2 amide bonds. The van der Waals surface area contributed by atoms with Gasteiger partial charge in [0.15, 0.2) is 22.1 Å². The van der Waals surface area contributed by atoms with Crippen LogP contribution in [0, 0.1) is 11.7 Å². The zero-order chi connectivity index (χ0) is 23.3. The Labute approximate surface area is 190 Å². The fourth-order valence-electron chi connectivity index (χ4n) is 3.01. The number of amides is 2. The predicted octanol–water partition coefficient (Wildman–Crippen LogP) is 3.17. The molecule has 0 aliphatic carbocycles. The molecule has 3 N–H and O–H groups in total. The Hall–Kier alpha value is -3.66. The summed E-state index contributed by atoms with van der Waals surface area (Å²) in [6.45, 7) is 5.63. The number of aromatic nitrogens is 3. The first-order valence-electron chi connectivity index (χ1n) is 9.94. The molecule has 0 aliphatic rings. The second-order valence-corrected chi connectivity index (χ2v) is 7.73. The molecule has 10 heteroatoms. The largest absolute Gasteiger partial charge is 0.493 e. The first kappa shape index (κ1) is 23.0. The number of methoxy groups -OCH3 is 1. The molecule has 0 radical (unpaired) electrons. The van der Waals surface area contributed by atoms with Crippen molar-refractivity contribution >= 4 is 24.0 Å². The minimum atomic E-state index is -0.498. The standard InChI is InChI=1S/C22H25N5O4S/c1-13(2)31-17-9-8-16(11-18(17)30-4)21(29)25-23-19(28)12-27-20(24-26-22(27)32)15-7-5-6-14(3)10-15/h5-11,13H,12H2,1-4H3,(H,23,28)(H,25,29)(H,26,32). The maximum atomic E-state index is 12.5. The third-order valence-electron chi connectivity index (χ3n) is 4.44. The highest BCUT2D eigenvalue weighted by Crippen LogP contribution is 2.28. The minimum Gasteiger partial charge on any atom is -0.493 e. The van der Waals surface area contributed by atoms with Gasteiger partial charge in [-0.25, -0.2) is 0 Å². The van der Waals surface area contributed by atoms with Gasteiger partial charge in [-0.1, -0.05) is 23.8 Å². The molecule has 2 aromatic carbocycles. The number of carbonyl (C=O) groups excluding carboxylic acids is 2. The number of hydrogen-bond acceptors (Lipinski definition) is 6. The van der Waals surface area contributed by atoms with E-state index >= 15 is 0 Å². The molecule has 0 saturated carbocycles. The van der Waals surface area contributed by atoms with Crippen LogP contribution in [0.2, 0.25) is 0 Å². The molecule has 0 unspecified atom stereocenters. The van der Waals surface area contributed by atoms with E-state index in [1.807, 2.05) is 45.0 Å². The fraction of sp³-hybridized carbons (Fsp3) is 0.273. The van der Waals surface area contributed by atoms with E-state index in [1.54, 1.807) is 22.8 Å². The number of H-pyrrole nitrogens is 1. The highest BCUT2D eigenvalue weighted by Gasteiger charge is 2.15. The second kappa shape index (κ2) is 10.1. The second-order valence-electron chi connectivity index (χ2n) is 7.34. The lowest BCUT2D eigenvalue weighted by atomic mass is 10.1. The number of aryl methyl sites for hydroxylation is 1. The van der Waals surface area contributed by atoms with Crippen molar-refractivity contribution in [1.29, 1.82) is 0 Å². The molecule has 0 spiro atoms. The number of carbonyl (C=O) groups is 2. The van der Waals surface area contributed by atoms with Crippen molar-refractivity contribution in [2.75, 3.05) is 7.11 Å². The number of ether oxygens (including phenoxy) is 2. The number of hydrogen-bond donors (Lipinski definition) is 3. The summed E-state index contributed by atoms with van der Waals surface area (Å²) in [5, 5.41) is 6.93. The zero-order valence-corrected chi connectivity index (χ0v) is 19.1. The Morgan fingerprint density at radius 2 is 1.94 bits per heavy atom. The van der Waals surface area contributed by atoms with E-state index in [0.29, 0.717) is 27.7 Å². The van der Waals surface area contributed by atoms with Crippen LogP contribution < -0.4 is 20.3 Å². The van der Waals surface area contributed by atoms with Crippen molar-refractivity contribution in [2.24, 2.45) is 0 Å². The van der Waals surface area contributed by atoms with Gasteiger partial charge in [0.05, 0.1) is 13.2 Å². The summed E-state index contributed by atoms with van der Waals surface area (Å²) >= 11 is 5.26. The summed E-state index contributed by atoms with van der Waals surface area (Å²) in [7, 11) is 1.49. The summed E-state index contributed by atoms with van der Waals surface area (Å²) in [6, 6.07) is 12.5. The average molecular weight is 456 g/mol. The van der Waals surface area contributed by atoms with Crippen LogP contribution in [0.5, 0.6) is 11.5 Å². The van der Waals surface area contributed by atoms with Crippen molar-refractivity contribution in [3.05, 3.63) is 58.4 Å². The van der Waals surface area contributed by atoms with Gasteiger partial charge >= 0.3 is 0 Å². The molecule has 3 rings (SSSR count). The first-order chi connectivity index (χ1) is 15.3. The minimum absolute atomic E-state index is 0.0396. The Bertz CT molecular complexity index is 1190. The molecular weight excluding hydrogens is 430 g/mol. The summed E-state index contributed by atoms with van der Waals surface area (Å²) in [5.74, 6) is 0.524. The Morgan fingerprint density at radius 3 is 2.62 bits per heavy atom. The molecule has 3 aromatic rings. The molecule has 1 aromatic heterocycles. The fourth-order valence-corrected chi connectivity index (χ4v) is 3.21. The number of rotatable bonds is 7. The Balaban J connectivity index is 1.67. The number of nitrogens with zero attached hydrogens (tertiary/aromatic N) is 2. The van der Waals surface area contributed by atoms with Crippen LogP contribution in [0.15, 0.2) is 42.5 Å². The molecule has 32 heavy (non-hydrogen) atoms. The predicted molar refractivity (Wildman–Crippen MR) is 122 cm³/mol. The third kappa shape index (κ3) is 5.52. The van der Waals surface area contributed by atoms with Gasteiger partial charge < -0.3 is 9.47 Å². The van der Waals surface area contributed by atoms with Gasteiger partial charge in [0, 0.05) is 11.1 Å². The molecule has 0 bridgehead atoms. The van der Waals surface area contributed by atoms with Gasteiger partial charge in [-0.2, -0.15) is 5.10 Å². The van der Waals surface area contributed by atoms with Crippen molar-refractivity contribution in [3.8, 4) is 22.9 Å². The van der Waals surface area contributed by atoms with Crippen LogP contribution in [-0.2, 0) is 11.3 Å². The molecular formula is C22H25N5O4S. The van der Waals surface area contributed by atoms with Crippen LogP contribution >= 0.6 is 12.2 Å². The summed E-state index contributed by atoms with van der Waals surface area (Å²) in [6.07, 6.45) is -0.0396. The zero-order valence-electron chi connectivity index (χ0n) is 18.3. The van der Waals surface area contributed by atoms with Crippen molar-refractivity contribution in [2.45, 2.75) is 33.4 Å². The van der Waals surface area contributed by atoms with E-state index in [-0.39, 0.29) is 12.6 Å². The third-order valence-corrected chi connectivity index (χ3v) is 4.75. The van der Waals surface area contributed by atoms with E-state index in [4.69, 9.17) is 21.7 Å². The molecule has 0 aliphatic heterocycles. The summed E-state index contributed by atoms with van der Waals surface area (Å²) in [4.78, 5) is 24.9. The van der Waals surface area contributed by atoms with E-state index in [0.717, 1.165) is 11.1 Å². The van der Waals surface area contributed by atoms with Crippen molar-refractivity contribution in [1.82, 2.24) is 25.6 Å².